The summed E-state index contributed by atoms with van der Waals surface area (Å²) in [6.07, 6.45) is 2.05. The smallest absolute Gasteiger partial charge is 0.357 e. The Kier molecular flexibility index (Phi) is 8.94. The maximum absolute atomic E-state index is 12.6. The number of ether oxygens (including phenoxy) is 2. The molecular weight excluding hydrogens is 507 g/mol. The Morgan fingerprint density at radius 2 is 1.89 bits per heavy atom. The molecule has 0 bridgehead atoms. The van der Waals surface area contributed by atoms with Gasteiger partial charge in [-0.25, -0.2) is 4.79 Å². The van der Waals surface area contributed by atoms with E-state index in [-0.39, 0.29) is 5.97 Å². The monoisotopic (exact) mass is 536 g/mol. The van der Waals surface area contributed by atoms with Crippen LogP contribution in [0.3, 0.4) is 0 Å². The second-order valence-electron chi connectivity index (χ2n) is 8.31. The average Bonchev–Trinajstić information content (AvgIpc) is 3.27. The summed E-state index contributed by atoms with van der Waals surface area (Å²) in [6, 6.07) is 13.5. The molecule has 2 heterocycles. The van der Waals surface area contributed by atoms with Crippen molar-refractivity contribution in [2.45, 2.75) is 31.6 Å². The van der Waals surface area contributed by atoms with Gasteiger partial charge in [0.2, 0.25) is 0 Å². The summed E-state index contributed by atoms with van der Waals surface area (Å²) in [5, 5.41) is 3.87. The van der Waals surface area contributed by atoms with Crippen molar-refractivity contribution in [2.24, 2.45) is 0 Å². The molecule has 7 nitrogen and oxygen atoms in total. The molecule has 0 aromatic heterocycles. The fourth-order valence-electron chi connectivity index (χ4n) is 4.16. The molecule has 1 saturated heterocycles. The Morgan fingerprint density at radius 3 is 2.57 bits per heavy atom. The van der Waals surface area contributed by atoms with E-state index in [0.29, 0.717) is 34.9 Å². The maximum Gasteiger partial charge on any atom is 0.357 e. The molecule has 2 aliphatic heterocycles. The molecule has 0 amide bonds. The van der Waals surface area contributed by atoms with Crippen LogP contribution in [-0.4, -0.2) is 48.8 Å². The van der Waals surface area contributed by atoms with E-state index >= 15 is 0 Å². The number of anilines is 1. The first-order valence-electron chi connectivity index (χ1n) is 11.6. The van der Waals surface area contributed by atoms with Gasteiger partial charge >= 0.3 is 5.97 Å². The van der Waals surface area contributed by atoms with Crippen LogP contribution in [0.15, 0.2) is 53.9 Å². The van der Waals surface area contributed by atoms with Gasteiger partial charge in [-0.3, -0.25) is 10.4 Å². The number of methoxy groups -OCH3 is 1. The van der Waals surface area contributed by atoms with Crippen molar-refractivity contribution in [2.75, 3.05) is 37.5 Å². The predicted molar refractivity (Wildman–Crippen MR) is 143 cm³/mol. The molecule has 0 unspecified atom stereocenters. The molecule has 2 aliphatic rings. The fraction of sp³-hybridized carbons (Fsp3) is 0.400. The molecule has 1 fully saturated rings. The number of hydrogen-bond acceptors (Lipinski definition) is 8. The number of nitrogens with one attached hydrogen (secondary N) is 2. The Hall–Kier alpha value is -2.26. The van der Waals surface area contributed by atoms with E-state index in [1.54, 1.807) is 7.11 Å². The van der Waals surface area contributed by atoms with Crippen molar-refractivity contribution in [1.29, 1.82) is 0 Å². The lowest BCUT2D eigenvalue weighted by molar-refractivity contribution is -0.139. The molecule has 0 atom stereocenters. The SMILES string of the molecule is CCOC(=O)C1=C(CSC2CCN(c3cc(Cl)ccc3Cl)CC2)N(Cc2ccc(OC)cc2)NN1. The number of nitrogens with zero attached hydrogens (tertiary/aromatic N) is 2. The van der Waals surface area contributed by atoms with Crippen LogP contribution in [0.4, 0.5) is 5.69 Å². The van der Waals surface area contributed by atoms with E-state index < -0.39 is 0 Å². The van der Waals surface area contributed by atoms with Crippen LogP contribution in [0.2, 0.25) is 10.0 Å². The molecule has 35 heavy (non-hydrogen) atoms. The molecule has 0 saturated carbocycles. The number of hydrazine groups is 2. The minimum Gasteiger partial charge on any atom is -0.497 e. The van der Waals surface area contributed by atoms with Crippen molar-refractivity contribution in [1.82, 2.24) is 16.0 Å². The molecule has 188 valence electrons. The molecule has 0 radical (unpaired) electrons. The summed E-state index contributed by atoms with van der Waals surface area (Å²) in [7, 11) is 1.65. The second-order valence-corrected chi connectivity index (χ2v) is 10.4. The summed E-state index contributed by atoms with van der Waals surface area (Å²) >= 11 is 14.4. The first-order valence-corrected chi connectivity index (χ1v) is 13.4. The van der Waals surface area contributed by atoms with E-state index in [1.165, 1.54) is 0 Å². The Morgan fingerprint density at radius 1 is 1.14 bits per heavy atom. The average molecular weight is 538 g/mol. The molecule has 2 aromatic carbocycles. The molecule has 0 aliphatic carbocycles. The van der Waals surface area contributed by atoms with Crippen molar-refractivity contribution in [3.05, 3.63) is 69.5 Å². The number of piperidine rings is 1. The van der Waals surface area contributed by atoms with E-state index in [9.17, 15) is 4.79 Å². The number of thioether (sulfide) groups is 1. The number of carbonyl (C=O) groups excluding carboxylic acids is 1. The van der Waals surface area contributed by atoms with E-state index in [0.717, 1.165) is 53.7 Å². The Balaban J connectivity index is 1.40. The highest BCUT2D eigenvalue weighted by Gasteiger charge is 2.29. The van der Waals surface area contributed by atoms with Crippen LogP contribution >= 0.6 is 35.0 Å². The van der Waals surface area contributed by atoms with E-state index in [4.69, 9.17) is 32.7 Å². The Bertz CT molecular complexity index is 1060. The topological polar surface area (TPSA) is 66.1 Å². The third-order valence-corrected chi connectivity index (χ3v) is 7.99. The summed E-state index contributed by atoms with van der Waals surface area (Å²) in [6.45, 7) is 4.56. The minimum atomic E-state index is -0.349. The number of esters is 1. The van der Waals surface area contributed by atoms with Crippen molar-refractivity contribution in [3.63, 3.8) is 0 Å². The van der Waals surface area contributed by atoms with Gasteiger partial charge in [-0.15, -0.1) is 5.53 Å². The van der Waals surface area contributed by atoms with Gasteiger partial charge in [0.15, 0.2) is 5.70 Å². The van der Waals surface area contributed by atoms with Gasteiger partial charge in [-0.1, -0.05) is 35.3 Å². The highest BCUT2D eigenvalue weighted by atomic mass is 35.5. The predicted octanol–water partition coefficient (Wildman–Crippen LogP) is 5.00. The lowest BCUT2D eigenvalue weighted by Crippen LogP contribution is -2.38. The number of halogens is 2. The van der Waals surface area contributed by atoms with Crippen molar-refractivity contribution < 1.29 is 14.3 Å². The third-order valence-electron chi connectivity index (χ3n) is 6.06. The molecule has 2 N–H and O–H groups in total. The van der Waals surface area contributed by atoms with Crippen molar-refractivity contribution in [3.8, 4) is 5.75 Å². The zero-order valence-corrected chi connectivity index (χ0v) is 22.2. The summed E-state index contributed by atoms with van der Waals surface area (Å²) < 4.78 is 10.5. The van der Waals surface area contributed by atoms with E-state index in [1.807, 2.05) is 66.2 Å². The van der Waals surface area contributed by atoms with Crippen LogP contribution in [-0.2, 0) is 16.1 Å². The summed E-state index contributed by atoms with van der Waals surface area (Å²) in [4.78, 5) is 14.9. The Labute approximate surface area is 220 Å². The van der Waals surface area contributed by atoms with Crippen molar-refractivity contribution >= 4 is 46.6 Å². The van der Waals surface area contributed by atoms with Gasteiger partial charge in [-0.05, 0) is 55.7 Å². The van der Waals surface area contributed by atoms with E-state index in [2.05, 4.69) is 15.9 Å². The zero-order chi connectivity index (χ0) is 24.8. The number of rotatable bonds is 9. The lowest BCUT2D eigenvalue weighted by Gasteiger charge is -2.34. The second kappa shape index (κ2) is 12.1. The quantitative estimate of drug-likeness (QED) is 0.434. The normalized spacial score (nSPS) is 16.5. The third kappa shape index (κ3) is 6.50. The lowest BCUT2D eigenvalue weighted by atomic mass is 10.1. The first-order chi connectivity index (χ1) is 17.0. The van der Waals surface area contributed by atoms with Gasteiger partial charge in [0, 0.05) is 29.1 Å². The van der Waals surface area contributed by atoms with Gasteiger partial charge in [-0.2, -0.15) is 11.8 Å². The number of benzene rings is 2. The van der Waals surface area contributed by atoms with Gasteiger partial charge in [0.05, 0.1) is 36.7 Å². The largest absolute Gasteiger partial charge is 0.497 e. The van der Waals surface area contributed by atoms with Crippen LogP contribution in [0.25, 0.3) is 0 Å². The minimum absolute atomic E-state index is 0.327. The molecule has 10 heteroatoms. The summed E-state index contributed by atoms with van der Waals surface area (Å²) in [5.74, 6) is 1.15. The first kappa shape index (κ1) is 25.8. The van der Waals surface area contributed by atoms with Gasteiger partial charge in [0.1, 0.15) is 5.75 Å². The fourth-order valence-corrected chi connectivity index (χ4v) is 5.80. The summed E-state index contributed by atoms with van der Waals surface area (Å²) in [5.41, 5.74) is 9.60. The number of hydrogen-bond donors (Lipinski definition) is 2. The number of carbonyl (C=O) groups is 1. The van der Waals surface area contributed by atoms with Crippen LogP contribution < -0.4 is 20.6 Å². The van der Waals surface area contributed by atoms with Crippen LogP contribution in [0, 0.1) is 0 Å². The zero-order valence-electron chi connectivity index (χ0n) is 19.9. The molecule has 0 spiro atoms. The van der Waals surface area contributed by atoms with Gasteiger partial charge in [0.25, 0.3) is 0 Å². The maximum atomic E-state index is 12.6. The standard InChI is InChI=1S/C25H30Cl2N4O3S/c1-3-34-25(32)24-23(31(29-28-24)15-17-4-7-19(33-2)8-5-17)16-35-20-10-12-30(13-11-20)22-14-18(26)6-9-21(22)27/h4-9,14,20,28-29H,3,10-13,15-16H2,1-2H3. The van der Waals surface area contributed by atoms with Crippen LogP contribution in [0.1, 0.15) is 25.3 Å². The highest BCUT2D eigenvalue weighted by Crippen LogP contribution is 2.34. The highest BCUT2D eigenvalue weighted by molar-refractivity contribution is 8.00. The molecule has 4 rings (SSSR count). The van der Waals surface area contributed by atoms with Gasteiger partial charge < -0.3 is 14.4 Å². The molecular formula is C25H30Cl2N4O3S. The van der Waals surface area contributed by atoms with Crippen LogP contribution in [0.5, 0.6) is 5.75 Å². The molecule has 2 aromatic rings.